The van der Waals surface area contributed by atoms with Crippen molar-refractivity contribution >= 4 is 5.90 Å². The molecule has 1 heterocycles. The van der Waals surface area contributed by atoms with Gasteiger partial charge >= 0.3 is 0 Å². The van der Waals surface area contributed by atoms with Crippen LogP contribution in [0, 0.1) is 5.41 Å². The molecule has 0 radical (unpaired) electrons. The Morgan fingerprint density at radius 2 is 1.83 bits per heavy atom. The molecule has 0 atom stereocenters. The second-order valence-electron chi connectivity index (χ2n) is 2.73. The van der Waals surface area contributed by atoms with Crippen LogP contribution in [0.25, 0.3) is 0 Å². The van der Waals surface area contributed by atoms with E-state index in [1.165, 1.54) is 12.1 Å². The van der Waals surface area contributed by atoms with E-state index < -0.39 is 0 Å². The van der Waals surface area contributed by atoms with Crippen molar-refractivity contribution in [1.29, 1.82) is 5.41 Å². The van der Waals surface area contributed by atoms with Crippen LogP contribution in [0.5, 0.6) is 5.88 Å². The Balaban J connectivity index is 0.00000137. The van der Waals surface area contributed by atoms with Crippen molar-refractivity contribution in [3.8, 4) is 5.88 Å². The number of aliphatic hydroxyl groups excluding tert-OH is 2. The second-order valence-corrected chi connectivity index (χ2v) is 2.73. The molecule has 102 valence electrons. The first kappa shape index (κ1) is 16.3. The van der Waals surface area contributed by atoms with Gasteiger partial charge < -0.3 is 19.7 Å². The predicted octanol–water partition coefficient (Wildman–Crippen LogP) is 0.208. The minimum Gasteiger partial charge on any atom is -0.474 e. The minimum absolute atomic E-state index is 0.0449. The topological polar surface area (TPSA) is 109 Å². The van der Waals surface area contributed by atoms with Crippen LogP contribution >= 0.6 is 0 Å². The molecule has 7 heteroatoms. The number of aromatic nitrogens is 2. The lowest BCUT2D eigenvalue weighted by molar-refractivity contribution is 0.191. The van der Waals surface area contributed by atoms with Gasteiger partial charge in [-0.15, -0.1) is 10.2 Å². The first-order valence-corrected chi connectivity index (χ1v) is 5.68. The van der Waals surface area contributed by atoms with Crippen molar-refractivity contribution in [1.82, 2.24) is 10.2 Å². The van der Waals surface area contributed by atoms with Gasteiger partial charge in [-0.1, -0.05) is 13.8 Å². The molecule has 18 heavy (non-hydrogen) atoms. The van der Waals surface area contributed by atoms with Crippen LogP contribution in [0.1, 0.15) is 19.5 Å². The molecule has 0 unspecified atom stereocenters. The monoisotopic (exact) mass is 257 g/mol. The van der Waals surface area contributed by atoms with Gasteiger partial charge in [-0.25, -0.2) is 0 Å². The molecule has 0 aromatic carbocycles. The van der Waals surface area contributed by atoms with E-state index in [0.717, 1.165) is 0 Å². The van der Waals surface area contributed by atoms with Crippen LogP contribution < -0.4 is 4.74 Å². The molecule has 0 spiro atoms. The summed E-state index contributed by atoms with van der Waals surface area (Å²) in [5.41, 5.74) is 0.254. The lowest BCUT2D eigenvalue weighted by Gasteiger charge is -2.05. The molecule has 0 aliphatic heterocycles. The summed E-state index contributed by atoms with van der Waals surface area (Å²) in [6, 6.07) is 3.04. The zero-order valence-corrected chi connectivity index (χ0v) is 10.6. The third-order valence-electron chi connectivity index (χ3n) is 1.55. The van der Waals surface area contributed by atoms with Gasteiger partial charge in [0.05, 0.1) is 13.2 Å². The molecule has 1 rings (SSSR count). The van der Waals surface area contributed by atoms with Crippen molar-refractivity contribution in [3.05, 3.63) is 17.8 Å². The average molecular weight is 257 g/mol. The van der Waals surface area contributed by atoms with E-state index in [1.54, 1.807) is 0 Å². The maximum Gasteiger partial charge on any atom is 0.234 e. The van der Waals surface area contributed by atoms with Gasteiger partial charge in [-0.05, 0) is 6.07 Å². The van der Waals surface area contributed by atoms with E-state index in [2.05, 4.69) is 10.2 Å². The van der Waals surface area contributed by atoms with E-state index in [0.29, 0.717) is 0 Å². The molecule has 3 N–H and O–H groups in total. The highest BCUT2D eigenvalue weighted by Crippen LogP contribution is 2.05. The summed E-state index contributed by atoms with van der Waals surface area (Å²) >= 11 is 0. The zero-order valence-electron chi connectivity index (χ0n) is 10.6. The molecule has 0 fully saturated rings. The summed E-state index contributed by atoms with van der Waals surface area (Å²) in [5, 5.41) is 31.8. The lowest BCUT2D eigenvalue weighted by atomic mass is 10.4. The van der Waals surface area contributed by atoms with Gasteiger partial charge in [-0.2, -0.15) is 0 Å². The normalized spacial score (nSPS) is 9.11. The average Bonchev–Trinajstić information content (AvgIpc) is 2.45. The number of hydrogen-bond acceptors (Lipinski definition) is 7. The Hall–Kier alpha value is -1.73. The highest BCUT2D eigenvalue weighted by molar-refractivity contribution is 5.89. The number of hydrogen-bond donors (Lipinski definition) is 3. The largest absolute Gasteiger partial charge is 0.474 e. The summed E-state index contributed by atoms with van der Waals surface area (Å²) < 4.78 is 9.84. The van der Waals surface area contributed by atoms with Gasteiger partial charge in [0, 0.05) is 6.07 Å². The van der Waals surface area contributed by atoms with E-state index in [1.807, 2.05) is 13.8 Å². The lowest BCUT2D eigenvalue weighted by Crippen LogP contribution is -2.12. The minimum atomic E-state index is -0.159. The number of aliphatic hydroxyl groups is 2. The fourth-order valence-electron chi connectivity index (χ4n) is 0.890. The molecule has 0 saturated heterocycles. The first-order chi connectivity index (χ1) is 8.77. The van der Waals surface area contributed by atoms with Crippen LogP contribution in [0.2, 0.25) is 0 Å². The first-order valence-electron chi connectivity index (χ1n) is 5.68. The van der Waals surface area contributed by atoms with Crippen molar-refractivity contribution < 1.29 is 19.7 Å². The van der Waals surface area contributed by atoms with Gasteiger partial charge in [0.15, 0.2) is 0 Å². The zero-order chi connectivity index (χ0) is 13.8. The Morgan fingerprint density at radius 3 is 2.33 bits per heavy atom. The Bertz CT molecular complexity index is 330. The van der Waals surface area contributed by atoms with Crippen LogP contribution in [0.15, 0.2) is 12.1 Å². The number of nitrogens with one attached hydrogen (secondary N) is 1. The summed E-state index contributed by atoms with van der Waals surface area (Å²) in [5.74, 6) is 0.114. The Morgan fingerprint density at radius 1 is 1.17 bits per heavy atom. The Labute approximate surface area is 106 Å². The molecule has 0 amide bonds. The molecular weight excluding hydrogens is 238 g/mol. The van der Waals surface area contributed by atoms with Crippen LogP contribution in [0.3, 0.4) is 0 Å². The smallest absolute Gasteiger partial charge is 0.234 e. The number of ether oxygens (including phenoxy) is 2. The van der Waals surface area contributed by atoms with E-state index >= 15 is 0 Å². The number of rotatable bonds is 6. The maximum absolute atomic E-state index is 8.52. The highest BCUT2D eigenvalue weighted by atomic mass is 16.5. The van der Waals surface area contributed by atoms with Crippen molar-refractivity contribution in [2.45, 2.75) is 13.8 Å². The quantitative estimate of drug-likeness (QED) is 0.496. The molecule has 0 bridgehead atoms. The summed E-state index contributed by atoms with van der Waals surface area (Å²) in [6.07, 6.45) is 0. The Kier molecular flexibility index (Phi) is 9.42. The predicted molar refractivity (Wildman–Crippen MR) is 65.8 cm³/mol. The molecule has 0 saturated carbocycles. The van der Waals surface area contributed by atoms with Crippen molar-refractivity contribution in [2.75, 3.05) is 26.4 Å². The van der Waals surface area contributed by atoms with Gasteiger partial charge in [0.1, 0.15) is 18.9 Å². The summed E-state index contributed by atoms with van der Waals surface area (Å²) in [6.45, 7) is 3.93. The fourth-order valence-corrected chi connectivity index (χ4v) is 0.890. The highest BCUT2D eigenvalue weighted by Gasteiger charge is 2.05. The molecule has 7 nitrogen and oxygen atoms in total. The van der Waals surface area contributed by atoms with Crippen molar-refractivity contribution in [3.63, 3.8) is 0 Å². The summed E-state index contributed by atoms with van der Waals surface area (Å²) in [7, 11) is 0. The third kappa shape index (κ3) is 6.12. The second kappa shape index (κ2) is 10.4. The third-order valence-corrected chi connectivity index (χ3v) is 1.55. The van der Waals surface area contributed by atoms with Gasteiger partial charge in [-0.3, -0.25) is 5.41 Å². The summed E-state index contributed by atoms with van der Waals surface area (Å²) in [4.78, 5) is 0. The van der Waals surface area contributed by atoms with E-state index in [4.69, 9.17) is 25.1 Å². The van der Waals surface area contributed by atoms with Crippen LogP contribution in [0.4, 0.5) is 0 Å². The molecule has 0 aliphatic rings. The van der Waals surface area contributed by atoms with Gasteiger partial charge in [0.2, 0.25) is 11.8 Å². The SMILES string of the molecule is CC.N=C(OCCO)c1ccc(OCCO)nn1. The van der Waals surface area contributed by atoms with Gasteiger partial charge in [0.25, 0.3) is 0 Å². The number of nitrogens with zero attached hydrogens (tertiary/aromatic N) is 2. The fraction of sp³-hybridized carbons (Fsp3) is 0.545. The molecule has 0 aliphatic carbocycles. The van der Waals surface area contributed by atoms with E-state index in [-0.39, 0.29) is 43.9 Å². The maximum atomic E-state index is 8.52. The van der Waals surface area contributed by atoms with E-state index in [9.17, 15) is 0 Å². The standard InChI is InChI=1S/C9H13N3O4.C2H6/c10-9(16-6-4-14)7-1-2-8(12-11-7)15-5-3-13;1-2/h1-2,10,13-14H,3-6H2;1-2H3. The van der Waals surface area contributed by atoms with Crippen LogP contribution in [-0.4, -0.2) is 52.7 Å². The molecule has 1 aromatic rings. The van der Waals surface area contributed by atoms with Crippen LogP contribution in [-0.2, 0) is 4.74 Å². The molecular formula is C11H19N3O4. The molecule has 1 aromatic heterocycles. The van der Waals surface area contributed by atoms with Crippen molar-refractivity contribution in [2.24, 2.45) is 0 Å².